The van der Waals surface area contributed by atoms with E-state index in [1.807, 2.05) is 54.8 Å². The van der Waals surface area contributed by atoms with Crippen molar-refractivity contribution >= 4 is 41.4 Å². The van der Waals surface area contributed by atoms with E-state index in [4.69, 9.17) is 66.1 Å². The molecule has 0 unspecified atom stereocenters. The highest BCUT2D eigenvalue weighted by molar-refractivity contribution is 6.31. The zero-order valence-corrected chi connectivity index (χ0v) is 47.9. The number of imidazole rings is 2. The minimum Gasteiger partial charge on any atom is -0.494 e. The first-order valence-corrected chi connectivity index (χ1v) is 28.8. The number of morpholine rings is 2. The van der Waals surface area contributed by atoms with Gasteiger partial charge in [0.25, 0.3) is 0 Å². The molecule has 6 aromatic rings. The van der Waals surface area contributed by atoms with Crippen molar-refractivity contribution in [2.45, 2.75) is 99.2 Å². The van der Waals surface area contributed by atoms with E-state index in [1.165, 1.54) is 16.7 Å². The molecule has 0 radical (unpaired) electrons. The molecule has 6 heterocycles. The molecule has 0 aliphatic carbocycles. The molecule has 0 atom stereocenters. The fraction of sp³-hybridized carbons (Fsp3) is 0.483. The highest BCUT2D eigenvalue weighted by Gasteiger charge is 2.26. The second kappa shape index (κ2) is 31.0. The lowest BCUT2D eigenvalue weighted by molar-refractivity contribution is 0.111. The van der Waals surface area contributed by atoms with Crippen LogP contribution in [0.15, 0.2) is 84.9 Å². The van der Waals surface area contributed by atoms with Crippen LogP contribution in [0.4, 0.5) is 11.9 Å². The number of unbranched alkanes of at least 4 members (excludes halogenated alkanes) is 2. The van der Waals surface area contributed by atoms with Crippen molar-refractivity contribution in [2.75, 3.05) is 102 Å². The molecule has 79 heavy (non-hydrogen) atoms. The molecule has 0 amide bonds. The second-order valence-electron chi connectivity index (χ2n) is 19.4. The Morgan fingerprint density at radius 3 is 1.58 bits per heavy atom. The van der Waals surface area contributed by atoms with Gasteiger partial charge in [-0.15, -0.1) is 0 Å². The van der Waals surface area contributed by atoms with Crippen LogP contribution in [0.3, 0.4) is 0 Å². The van der Waals surface area contributed by atoms with Crippen molar-refractivity contribution < 1.29 is 42.7 Å². The van der Waals surface area contributed by atoms with E-state index in [0.717, 1.165) is 155 Å². The number of anilines is 2. The first-order valence-electron chi connectivity index (χ1n) is 28.0. The molecule has 2 fully saturated rings. The van der Waals surface area contributed by atoms with E-state index >= 15 is 0 Å². The van der Waals surface area contributed by atoms with Crippen LogP contribution in [-0.4, -0.2) is 123 Å². The van der Waals surface area contributed by atoms with Gasteiger partial charge in [-0.05, 0) is 97.5 Å². The summed E-state index contributed by atoms with van der Waals surface area (Å²) >= 11 is 12.9. The average Bonchev–Trinajstić information content (AvgIpc) is 4.10. The van der Waals surface area contributed by atoms with Crippen molar-refractivity contribution in [1.29, 1.82) is 0 Å². The molecule has 0 spiro atoms. The number of halogens is 2. The quantitative estimate of drug-likeness (QED) is 0.0606. The fourth-order valence-corrected chi connectivity index (χ4v) is 10.1. The molecule has 2 saturated heterocycles. The van der Waals surface area contributed by atoms with Crippen molar-refractivity contribution in [2.24, 2.45) is 0 Å². The van der Waals surface area contributed by atoms with Gasteiger partial charge in [0.1, 0.15) is 43.6 Å². The summed E-state index contributed by atoms with van der Waals surface area (Å²) in [6, 6.07) is 28.8. The van der Waals surface area contributed by atoms with Gasteiger partial charge in [0.2, 0.25) is 11.9 Å². The minimum absolute atomic E-state index is 0.294. The van der Waals surface area contributed by atoms with Crippen molar-refractivity contribution in [3.05, 3.63) is 129 Å². The monoisotopic (exact) mass is 1120 g/mol. The molecule has 0 saturated carbocycles. The van der Waals surface area contributed by atoms with Gasteiger partial charge in [-0.3, -0.25) is 9.69 Å². The Labute approximate surface area is 475 Å². The number of aromatic nitrogens is 4. The van der Waals surface area contributed by atoms with Crippen LogP contribution in [-0.2, 0) is 55.3 Å². The highest BCUT2D eigenvalue weighted by Crippen LogP contribution is 2.34. The van der Waals surface area contributed by atoms with Gasteiger partial charge in [0.15, 0.2) is 39.6 Å². The molecule has 4 aromatic carbocycles. The van der Waals surface area contributed by atoms with Crippen LogP contribution in [0, 0.1) is 0 Å². The standard InChI is InChI=1S/C30H39ClN4O4.C18H21NO3.C12H18ClN3O2/c1-3-5-11-35-26(29(31)32-30(35)34-12-14-36-15-13-34)22-33(20-23-7-6-8-25(18-23)37-4-2)21-24-9-10-27-28(19-24)39-17-16-38-27;1-2-20-16-5-3-4-14(10-16)12-19-13-15-6-7-17-18(11-15)22-9-8-21-17;1-2-3-4-16-10(9-17)11(13)14-12(16)15-5-7-18-8-6-15/h6-10,18-19H,3-5,11-17,20-22H2,1-2H3;3-7,10-11,19H,2,8-9,12-13H2,1H3;9H,2-8H2,1H3. The van der Waals surface area contributed by atoms with Crippen LogP contribution in [0.1, 0.15) is 91.8 Å². The number of nitrogens with zero attached hydrogens (tertiary/aromatic N) is 7. The Hall–Kier alpha value is -6.21. The lowest BCUT2D eigenvalue weighted by Gasteiger charge is -2.29. The number of nitrogens with one attached hydrogen (secondary N) is 1. The maximum atomic E-state index is 11.1. The summed E-state index contributed by atoms with van der Waals surface area (Å²) in [5, 5.41) is 4.31. The summed E-state index contributed by atoms with van der Waals surface area (Å²) in [5.41, 5.74) is 6.26. The average molecular weight is 1130 g/mol. The van der Waals surface area contributed by atoms with E-state index in [9.17, 15) is 4.79 Å². The van der Waals surface area contributed by atoms with Gasteiger partial charge in [-0.1, -0.05) is 86.3 Å². The molecule has 4 aliphatic rings. The molecular weight excluding hydrogens is 1050 g/mol. The fourth-order valence-electron chi connectivity index (χ4n) is 9.67. The third-order valence-electron chi connectivity index (χ3n) is 13.6. The Kier molecular flexibility index (Phi) is 23.1. The predicted octanol–water partition coefficient (Wildman–Crippen LogP) is 10.7. The normalized spacial score (nSPS) is 14.7. The first kappa shape index (κ1) is 58.9. The zero-order chi connectivity index (χ0) is 55.2. The molecule has 4 aliphatic heterocycles. The summed E-state index contributed by atoms with van der Waals surface area (Å²) in [6.45, 7) is 23.4. The predicted molar refractivity (Wildman–Crippen MR) is 309 cm³/mol. The maximum absolute atomic E-state index is 11.1. The molecule has 0 bridgehead atoms. The maximum Gasteiger partial charge on any atom is 0.207 e. The lowest BCUT2D eigenvalue weighted by atomic mass is 10.1. The largest absolute Gasteiger partial charge is 0.494 e. The SMILES string of the molecule is CCCCn1c(N2CCOCC2)nc(Cl)c1C=O.CCCCn1c(N2CCOCC2)nc(Cl)c1CN(Cc1cccc(OCC)c1)Cc1ccc2c(c1)OCCO2.CCOc1cccc(CNCc2ccc3c(c2)OCCO3)c1. The topological polar surface area (TPSA) is 148 Å². The number of aldehydes is 1. The zero-order valence-electron chi connectivity index (χ0n) is 46.4. The number of rotatable bonds is 23. The number of hydrogen-bond acceptors (Lipinski definition) is 15. The number of benzene rings is 4. The first-order chi connectivity index (χ1) is 38.8. The number of carbonyl (C=O) groups excluding carboxylic acids is 1. The number of hydrogen-bond donors (Lipinski definition) is 1. The smallest absolute Gasteiger partial charge is 0.207 e. The van der Waals surface area contributed by atoms with Crippen molar-refractivity contribution in [3.63, 3.8) is 0 Å². The summed E-state index contributed by atoms with van der Waals surface area (Å²) in [4.78, 5) is 27.1. The third kappa shape index (κ3) is 16.9. The van der Waals surface area contributed by atoms with Gasteiger partial charge in [-0.25, -0.2) is 9.97 Å². The number of fused-ring (bicyclic) bond motifs is 2. The molecule has 2 aromatic heterocycles. The van der Waals surface area contributed by atoms with Gasteiger partial charge in [0.05, 0.1) is 45.3 Å². The molecule has 19 heteroatoms. The van der Waals surface area contributed by atoms with Gasteiger partial charge < -0.3 is 62.1 Å². The van der Waals surface area contributed by atoms with E-state index in [1.54, 1.807) is 0 Å². The number of carbonyl (C=O) groups is 1. The van der Waals surface area contributed by atoms with Crippen LogP contribution in [0.2, 0.25) is 10.3 Å². The second-order valence-corrected chi connectivity index (χ2v) is 20.1. The molecule has 426 valence electrons. The molecule has 10 rings (SSSR count). The highest BCUT2D eigenvalue weighted by atomic mass is 35.5. The molecular formula is C60H78Cl2N8O9. The van der Waals surface area contributed by atoms with E-state index in [0.29, 0.717) is 88.6 Å². The van der Waals surface area contributed by atoms with Crippen LogP contribution in [0.25, 0.3) is 0 Å². The van der Waals surface area contributed by atoms with E-state index in [-0.39, 0.29) is 0 Å². The van der Waals surface area contributed by atoms with Gasteiger partial charge in [0, 0.05) is 72.0 Å². The van der Waals surface area contributed by atoms with E-state index in [2.05, 4.69) is 91.9 Å². The van der Waals surface area contributed by atoms with Gasteiger partial charge >= 0.3 is 0 Å². The summed E-state index contributed by atoms with van der Waals surface area (Å²) in [7, 11) is 0. The van der Waals surface area contributed by atoms with Crippen LogP contribution >= 0.6 is 23.2 Å². The Balaban J connectivity index is 0.000000173. The van der Waals surface area contributed by atoms with Gasteiger partial charge in [-0.2, -0.15) is 0 Å². The van der Waals surface area contributed by atoms with Crippen molar-refractivity contribution in [1.82, 2.24) is 29.3 Å². The van der Waals surface area contributed by atoms with Crippen LogP contribution < -0.4 is 43.5 Å². The Morgan fingerprint density at radius 1 is 0.557 bits per heavy atom. The Morgan fingerprint density at radius 2 is 1.03 bits per heavy atom. The molecule has 17 nitrogen and oxygen atoms in total. The summed E-state index contributed by atoms with van der Waals surface area (Å²) in [6.07, 6.45) is 5.02. The summed E-state index contributed by atoms with van der Waals surface area (Å²) in [5.74, 6) is 6.82. The third-order valence-corrected chi connectivity index (χ3v) is 14.2. The lowest BCUT2D eigenvalue weighted by Crippen LogP contribution is -2.38. The van der Waals surface area contributed by atoms with Crippen molar-refractivity contribution in [3.8, 4) is 34.5 Å². The Bertz CT molecular complexity index is 2840. The summed E-state index contributed by atoms with van der Waals surface area (Å²) < 4.78 is 49.2. The van der Waals surface area contributed by atoms with E-state index < -0.39 is 0 Å². The number of ether oxygens (including phenoxy) is 8. The van der Waals surface area contributed by atoms with Crippen LogP contribution in [0.5, 0.6) is 34.5 Å². The minimum atomic E-state index is 0.294. The molecule has 1 N–H and O–H groups in total.